The molecule has 1 aliphatic heterocycles. The average Bonchev–Trinajstić information content (AvgIpc) is 3.21. The highest BCUT2D eigenvalue weighted by molar-refractivity contribution is 7.91. The molecule has 1 aliphatic rings. The number of hydrogen-bond donors (Lipinski definition) is 0. The van der Waals surface area contributed by atoms with Crippen LogP contribution in [0.4, 0.5) is 10.1 Å². The molecule has 3 heterocycles. The van der Waals surface area contributed by atoms with E-state index >= 15 is 0 Å². The van der Waals surface area contributed by atoms with Crippen molar-refractivity contribution in [2.45, 2.75) is 44.0 Å². The van der Waals surface area contributed by atoms with E-state index in [0.29, 0.717) is 61.1 Å². The van der Waals surface area contributed by atoms with Crippen LogP contribution >= 0.6 is 0 Å². The summed E-state index contributed by atoms with van der Waals surface area (Å²) in [4.78, 5) is 27.3. The van der Waals surface area contributed by atoms with Gasteiger partial charge in [0.05, 0.1) is 29.5 Å². The number of pyridine rings is 1. The lowest BCUT2D eigenvalue weighted by Crippen LogP contribution is -2.32. The van der Waals surface area contributed by atoms with E-state index in [2.05, 4.69) is 15.0 Å². The first-order valence-corrected chi connectivity index (χ1v) is 13.6. The second-order valence-electron chi connectivity index (χ2n) is 8.53. The summed E-state index contributed by atoms with van der Waals surface area (Å²) in [6, 6.07) is 8.85. The molecule has 11 heteroatoms. The Morgan fingerprint density at radius 2 is 1.75 bits per heavy atom. The number of carbonyl (C=O) groups is 1. The Morgan fingerprint density at radius 1 is 1.06 bits per heavy atom. The van der Waals surface area contributed by atoms with Crippen LogP contribution in [0.2, 0.25) is 0 Å². The van der Waals surface area contributed by atoms with Gasteiger partial charge in [0.1, 0.15) is 33.0 Å². The molecule has 190 valence electrons. The first-order valence-electron chi connectivity index (χ1n) is 11.6. The van der Waals surface area contributed by atoms with E-state index in [1.54, 1.807) is 29.4 Å². The molecule has 0 aliphatic carbocycles. The van der Waals surface area contributed by atoms with Gasteiger partial charge in [-0.15, -0.1) is 0 Å². The normalized spacial score (nSPS) is 16.7. The van der Waals surface area contributed by atoms with Crippen LogP contribution in [0.15, 0.2) is 55.0 Å². The summed E-state index contributed by atoms with van der Waals surface area (Å²) in [5.41, 5.74) is 0.561. The smallest absolute Gasteiger partial charge is 0.268 e. The number of amides is 1. The van der Waals surface area contributed by atoms with E-state index in [1.807, 2.05) is 6.92 Å². The van der Waals surface area contributed by atoms with E-state index in [4.69, 9.17) is 9.47 Å². The lowest BCUT2D eigenvalue weighted by molar-refractivity contribution is -0.122. The van der Waals surface area contributed by atoms with Crippen molar-refractivity contribution in [3.05, 3.63) is 66.6 Å². The first kappa shape index (κ1) is 25.5. The number of carbonyl (C=O) groups excluding carboxylic acids is 1. The van der Waals surface area contributed by atoms with E-state index in [-0.39, 0.29) is 11.7 Å². The molecule has 0 N–H and O–H groups in total. The number of benzene rings is 1. The topological polar surface area (TPSA) is 112 Å². The SMILES string of the molecule is CCC(CCc1ncc(N2CC[C@@H](Oc3ccc(Oc4ccc(F)cc4)nc3)C2=O)cn1)S(C)(=O)=O. The summed E-state index contributed by atoms with van der Waals surface area (Å²) in [5.74, 6) is 1.16. The molecule has 0 radical (unpaired) electrons. The van der Waals surface area contributed by atoms with Crippen LogP contribution in [0.1, 0.15) is 32.0 Å². The van der Waals surface area contributed by atoms with Crippen molar-refractivity contribution >= 4 is 21.4 Å². The van der Waals surface area contributed by atoms with Gasteiger partial charge in [-0.2, -0.15) is 0 Å². The molecular weight excluding hydrogens is 487 g/mol. The molecule has 1 fully saturated rings. The molecule has 1 amide bonds. The predicted octanol–water partition coefficient (Wildman–Crippen LogP) is 3.74. The monoisotopic (exact) mass is 514 g/mol. The Morgan fingerprint density at radius 3 is 2.36 bits per heavy atom. The summed E-state index contributed by atoms with van der Waals surface area (Å²) in [6.45, 7) is 2.30. The van der Waals surface area contributed by atoms with Crippen molar-refractivity contribution in [1.82, 2.24) is 15.0 Å². The van der Waals surface area contributed by atoms with Crippen molar-refractivity contribution in [3.8, 4) is 17.4 Å². The molecule has 2 atom stereocenters. The number of anilines is 1. The van der Waals surface area contributed by atoms with E-state index in [1.165, 1.54) is 36.7 Å². The number of aromatic nitrogens is 3. The van der Waals surface area contributed by atoms with Gasteiger partial charge < -0.3 is 14.4 Å². The third-order valence-electron chi connectivity index (χ3n) is 5.93. The maximum Gasteiger partial charge on any atom is 0.268 e. The maximum absolute atomic E-state index is 13.0. The number of sulfone groups is 1. The van der Waals surface area contributed by atoms with Crippen LogP contribution in [0.25, 0.3) is 0 Å². The van der Waals surface area contributed by atoms with E-state index in [0.717, 1.165) is 0 Å². The average molecular weight is 515 g/mol. The molecule has 0 spiro atoms. The highest BCUT2D eigenvalue weighted by Gasteiger charge is 2.34. The van der Waals surface area contributed by atoms with Gasteiger partial charge in [0.2, 0.25) is 5.88 Å². The highest BCUT2D eigenvalue weighted by atomic mass is 32.2. The summed E-state index contributed by atoms with van der Waals surface area (Å²) < 4.78 is 48.0. The van der Waals surface area contributed by atoms with Gasteiger partial charge in [0.15, 0.2) is 6.10 Å². The number of nitrogens with zero attached hydrogens (tertiary/aromatic N) is 4. The van der Waals surface area contributed by atoms with Crippen molar-refractivity contribution in [2.75, 3.05) is 17.7 Å². The van der Waals surface area contributed by atoms with Gasteiger partial charge in [0.25, 0.3) is 5.91 Å². The lowest BCUT2D eigenvalue weighted by Gasteiger charge is -2.17. The molecule has 0 bridgehead atoms. The van der Waals surface area contributed by atoms with E-state index in [9.17, 15) is 17.6 Å². The fraction of sp³-hybridized carbons (Fsp3) is 0.360. The Balaban J connectivity index is 1.31. The van der Waals surface area contributed by atoms with Crippen LogP contribution in [0.5, 0.6) is 17.4 Å². The number of aryl methyl sites for hydroxylation is 1. The Labute approximate surface area is 209 Å². The Hall–Kier alpha value is -3.60. The predicted molar refractivity (Wildman–Crippen MR) is 131 cm³/mol. The second-order valence-corrected chi connectivity index (χ2v) is 10.9. The third-order valence-corrected chi connectivity index (χ3v) is 7.71. The van der Waals surface area contributed by atoms with Gasteiger partial charge >= 0.3 is 0 Å². The van der Waals surface area contributed by atoms with Gasteiger partial charge in [-0.25, -0.2) is 27.8 Å². The fourth-order valence-electron chi connectivity index (χ4n) is 3.93. The molecule has 3 aromatic rings. The molecule has 1 unspecified atom stereocenters. The van der Waals surface area contributed by atoms with Crippen molar-refractivity contribution in [3.63, 3.8) is 0 Å². The Kier molecular flexibility index (Phi) is 7.78. The quantitative estimate of drug-likeness (QED) is 0.402. The summed E-state index contributed by atoms with van der Waals surface area (Å²) in [7, 11) is -3.11. The summed E-state index contributed by atoms with van der Waals surface area (Å²) >= 11 is 0. The number of hydrogen-bond acceptors (Lipinski definition) is 8. The van der Waals surface area contributed by atoms with Crippen molar-refractivity contribution < 1.29 is 27.1 Å². The number of rotatable bonds is 10. The molecule has 9 nitrogen and oxygen atoms in total. The standard InChI is InChI=1S/C25H27FN4O5S/c1-3-21(36(2,32)33)9-10-23-27-14-18(15-28-23)30-13-12-22(25(30)31)34-20-8-11-24(29-16-20)35-19-6-4-17(26)5-7-19/h4-8,11,14-16,21-22H,3,9-10,12-13H2,1-2H3/t21?,22-/m1/s1. The second kappa shape index (κ2) is 11.0. The van der Waals surface area contributed by atoms with Gasteiger partial charge in [-0.3, -0.25) is 4.79 Å². The highest BCUT2D eigenvalue weighted by Crippen LogP contribution is 2.26. The van der Waals surface area contributed by atoms with Crippen LogP contribution in [0.3, 0.4) is 0 Å². The molecule has 1 saturated heterocycles. The molecule has 0 saturated carbocycles. The molecular formula is C25H27FN4O5S. The number of halogens is 1. The van der Waals surface area contributed by atoms with Crippen LogP contribution in [-0.4, -0.2) is 53.4 Å². The van der Waals surface area contributed by atoms with Gasteiger partial charge in [0, 0.05) is 31.7 Å². The Bertz CT molecular complexity index is 1290. The minimum Gasteiger partial charge on any atom is -0.479 e. The van der Waals surface area contributed by atoms with Crippen molar-refractivity contribution in [2.24, 2.45) is 0 Å². The molecule has 4 rings (SSSR count). The van der Waals surface area contributed by atoms with E-state index < -0.39 is 21.2 Å². The fourth-order valence-corrected chi connectivity index (χ4v) is 5.08. The molecule has 36 heavy (non-hydrogen) atoms. The minimum absolute atomic E-state index is 0.207. The largest absolute Gasteiger partial charge is 0.479 e. The number of ether oxygens (including phenoxy) is 2. The van der Waals surface area contributed by atoms with Crippen LogP contribution in [0, 0.1) is 5.82 Å². The van der Waals surface area contributed by atoms with Gasteiger partial charge in [-0.1, -0.05) is 6.92 Å². The molecule has 1 aromatic carbocycles. The summed E-state index contributed by atoms with van der Waals surface area (Å²) in [6.07, 6.45) is 7.12. The zero-order valence-corrected chi connectivity index (χ0v) is 20.8. The maximum atomic E-state index is 13.0. The first-order chi connectivity index (χ1) is 17.2. The van der Waals surface area contributed by atoms with Gasteiger partial charge in [-0.05, 0) is 43.2 Å². The zero-order chi connectivity index (χ0) is 25.7. The van der Waals surface area contributed by atoms with Crippen LogP contribution < -0.4 is 14.4 Å². The minimum atomic E-state index is -3.11. The van der Waals surface area contributed by atoms with Crippen LogP contribution in [-0.2, 0) is 21.1 Å². The summed E-state index contributed by atoms with van der Waals surface area (Å²) in [5, 5.41) is -0.420. The zero-order valence-electron chi connectivity index (χ0n) is 20.0. The molecule has 2 aromatic heterocycles. The van der Waals surface area contributed by atoms with Crippen molar-refractivity contribution in [1.29, 1.82) is 0 Å². The lowest BCUT2D eigenvalue weighted by atomic mass is 10.2. The third kappa shape index (κ3) is 6.34.